The number of rotatable bonds is 11. The first-order valence-electron chi connectivity index (χ1n) is 14.2. The Bertz CT molecular complexity index is 835. The summed E-state index contributed by atoms with van der Waals surface area (Å²) in [7, 11) is 0. The molecular weight excluding hydrogens is 424 g/mol. The lowest BCUT2D eigenvalue weighted by atomic mass is 9.73. The van der Waals surface area contributed by atoms with Crippen LogP contribution in [0.5, 0.6) is 5.75 Å². The van der Waals surface area contributed by atoms with Gasteiger partial charge in [0, 0.05) is 0 Å². The van der Waals surface area contributed by atoms with Crippen LogP contribution in [-0.2, 0) is 22.4 Å². The minimum atomic E-state index is -0.223. The summed E-state index contributed by atoms with van der Waals surface area (Å²) in [5.41, 5.74) is 2.60. The van der Waals surface area contributed by atoms with Crippen LogP contribution in [0.2, 0.25) is 0 Å². The molecule has 7 atom stereocenters. The maximum Gasteiger partial charge on any atom is 0.344 e. The van der Waals surface area contributed by atoms with E-state index in [1.165, 1.54) is 68.9 Å². The van der Waals surface area contributed by atoms with Crippen molar-refractivity contribution in [2.45, 2.75) is 109 Å². The molecule has 1 N–H and O–H groups in total. The van der Waals surface area contributed by atoms with E-state index in [-0.39, 0.29) is 24.8 Å². The van der Waals surface area contributed by atoms with Crippen LogP contribution >= 0.6 is 0 Å². The monoisotopic (exact) mass is 468 g/mol. The van der Waals surface area contributed by atoms with E-state index in [1.807, 2.05) is 6.07 Å². The Kier molecular flexibility index (Phi) is 7.83. The van der Waals surface area contributed by atoms with Crippen molar-refractivity contribution in [2.75, 3.05) is 6.61 Å². The molecular formula is C30H44O4. The van der Waals surface area contributed by atoms with E-state index in [4.69, 9.17) is 9.47 Å². The van der Waals surface area contributed by atoms with Gasteiger partial charge in [-0.15, -0.1) is 0 Å². The van der Waals surface area contributed by atoms with E-state index in [1.54, 1.807) is 0 Å². The number of carbonyl (C=O) groups is 1. The van der Waals surface area contributed by atoms with Crippen molar-refractivity contribution in [3.63, 3.8) is 0 Å². The van der Waals surface area contributed by atoms with E-state index >= 15 is 0 Å². The summed E-state index contributed by atoms with van der Waals surface area (Å²) < 4.78 is 11.8. The number of hydrogen-bond acceptors (Lipinski definition) is 4. The summed E-state index contributed by atoms with van der Waals surface area (Å²) in [4.78, 5) is 12.5. The first-order chi connectivity index (χ1) is 16.6. The van der Waals surface area contributed by atoms with E-state index in [9.17, 15) is 9.90 Å². The summed E-state index contributed by atoms with van der Waals surface area (Å²) in [6.07, 6.45) is 16.7. The predicted octanol–water partition coefficient (Wildman–Crippen LogP) is 6.26. The number of fused-ring (bicyclic) bond motifs is 4. The molecule has 1 unspecified atom stereocenters. The van der Waals surface area contributed by atoms with E-state index in [0.29, 0.717) is 23.7 Å². The molecule has 0 saturated heterocycles. The summed E-state index contributed by atoms with van der Waals surface area (Å²) in [5, 5.41) is 10.9. The van der Waals surface area contributed by atoms with Crippen molar-refractivity contribution in [3.8, 4) is 5.75 Å². The van der Waals surface area contributed by atoms with E-state index in [2.05, 4.69) is 19.1 Å². The van der Waals surface area contributed by atoms with Crippen LogP contribution in [0.3, 0.4) is 0 Å². The number of aliphatic hydroxyl groups excluding tert-OH is 1. The Morgan fingerprint density at radius 1 is 1.00 bits per heavy atom. The molecule has 2 bridgehead atoms. The zero-order valence-electron chi connectivity index (χ0n) is 21.1. The Morgan fingerprint density at radius 3 is 2.65 bits per heavy atom. The molecule has 3 saturated carbocycles. The fourth-order valence-electron chi connectivity index (χ4n) is 7.77. The van der Waals surface area contributed by atoms with Crippen molar-refractivity contribution < 1.29 is 19.4 Å². The van der Waals surface area contributed by atoms with Crippen molar-refractivity contribution in [3.05, 3.63) is 29.3 Å². The van der Waals surface area contributed by atoms with Crippen molar-refractivity contribution in [2.24, 2.45) is 29.6 Å². The zero-order chi connectivity index (χ0) is 23.5. The van der Waals surface area contributed by atoms with Gasteiger partial charge in [-0.05, 0) is 98.1 Å². The van der Waals surface area contributed by atoms with Gasteiger partial charge in [0.2, 0.25) is 0 Å². The summed E-state index contributed by atoms with van der Waals surface area (Å²) in [5.74, 6) is 3.51. The second kappa shape index (κ2) is 11.0. The molecule has 3 fully saturated rings. The van der Waals surface area contributed by atoms with Crippen LogP contribution in [-0.4, -0.2) is 29.9 Å². The van der Waals surface area contributed by atoms with Gasteiger partial charge >= 0.3 is 5.97 Å². The summed E-state index contributed by atoms with van der Waals surface area (Å²) in [6, 6.07) is 6.28. The number of esters is 1. The standard InChI is InChI=1S/C30H44O4/c1-2-3-4-5-6-7-10-24-25-16-21-9-8-11-28(26(21)17-23(25)18-27(24)31)33-19-30(32)34-29-15-20-12-13-22(29)14-20/h8-9,11,20,22-25,27,29,31H,2-7,10,12-19H2,1H3/t20?,22-,23+,24-,25+,27-,29-/m1/s1. The van der Waals surface area contributed by atoms with Crippen LogP contribution in [0, 0.1) is 29.6 Å². The lowest BCUT2D eigenvalue weighted by Crippen LogP contribution is -2.28. The molecule has 1 aromatic rings. The third kappa shape index (κ3) is 5.32. The Labute approximate surface area is 205 Å². The van der Waals surface area contributed by atoms with Gasteiger partial charge in [0.05, 0.1) is 6.10 Å². The highest BCUT2D eigenvalue weighted by Gasteiger charge is 2.45. The molecule has 4 aliphatic carbocycles. The Balaban J connectivity index is 1.14. The summed E-state index contributed by atoms with van der Waals surface area (Å²) >= 11 is 0. The first kappa shape index (κ1) is 24.2. The SMILES string of the molecule is CCCCCCCC[C@@H]1[C@H]2Cc3cccc(OCC(=O)O[C@@H]4CC5CC[C@@H]4C5)c3C[C@H]2C[C@H]1O. The second-order valence-corrected chi connectivity index (χ2v) is 11.7. The molecule has 1 aromatic carbocycles. The molecule has 0 heterocycles. The van der Waals surface area contributed by atoms with Gasteiger partial charge in [-0.3, -0.25) is 0 Å². The van der Waals surface area contributed by atoms with E-state index in [0.717, 1.165) is 43.8 Å². The molecule has 4 aliphatic rings. The molecule has 0 radical (unpaired) electrons. The molecule has 0 spiro atoms. The third-order valence-corrected chi connectivity index (χ3v) is 9.54. The highest BCUT2D eigenvalue weighted by molar-refractivity contribution is 5.71. The Morgan fingerprint density at radius 2 is 1.85 bits per heavy atom. The third-order valence-electron chi connectivity index (χ3n) is 9.54. The molecule has 0 aromatic heterocycles. The van der Waals surface area contributed by atoms with Gasteiger partial charge in [0.25, 0.3) is 0 Å². The highest BCUT2D eigenvalue weighted by atomic mass is 16.6. The maximum absolute atomic E-state index is 12.5. The zero-order valence-corrected chi connectivity index (χ0v) is 21.1. The maximum atomic E-state index is 12.5. The van der Waals surface area contributed by atoms with Crippen LogP contribution in [0.25, 0.3) is 0 Å². The van der Waals surface area contributed by atoms with Gasteiger partial charge in [0.1, 0.15) is 11.9 Å². The molecule has 5 rings (SSSR count). The normalized spacial score (nSPS) is 33.5. The lowest BCUT2D eigenvalue weighted by molar-refractivity contribution is -0.153. The van der Waals surface area contributed by atoms with Crippen LogP contribution in [0.4, 0.5) is 0 Å². The minimum absolute atomic E-state index is 0.00170. The molecule has 0 amide bonds. The topological polar surface area (TPSA) is 55.8 Å². The summed E-state index contributed by atoms with van der Waals surface area (Å²) in [6.45, 7) is 2.26. The average Bonchev–Trinajstić information content (AvgIpc) is 3.53. The van der Waals surface area contributed by atoms with Gasteiger partial charge in [-0.1, -0.05) is 57.6 Å². The van der Waals surface area contributed by atoms with E-state index < -0.39 is 0 Å². The molecule has 188 valence electrons. The number of hydrogen-bond donors (Lipinski definition) is 1. The van der Waals surface area contributed by atoms with Crippen molar-refractivity contribution in [1.29, 1.82) is 0 Å². The van der Waals surface area contributed by atoms with Crippen molar-refractivity contribution in [1.82, 2.24) is 0 Å². The lowest BCUT2D eigenvalue weighted by Gasteiger charge is -2.32. The number of ether oxygens (including phenoxy) is 2. The number of benzene rings is 1. The number of carbonyl (C=O) groups excluding carboxylic acids is 1. The van der Waals surface area contributed by atoms with Gasteiger partial charge in [-0.25, -0.2) is 4.79 Å². The van der Waals surface area contributed by atoms with Crippen LogP contribution < -0.4 is 4.74 Å². The minimum Gasteiger partial charge on any atom is -0.482 e. The van der Waals surface area contributed by atoms with Crippen LogP contribution in [0.15, 0.2) is 18.2 Å². The van der Waals surface area contributed by atoms with Gasteiger partial charge in [0.15, 0.2) is 6.61 Å². The van der Waals surface area contributed by atoms with Crippen molar-refractivity contribution >= 4 is 5.97 Å². The fraction of sp³-hybridized carbons (Fsp3) is 0.767. The fourth-order valence-corrected chi connectivity index (χ4v) is 7.77. The van der Waals surface area contributed by atoms with Gasteiger partial charge in [-0.2, -0.15) is 0 Å². The Hall–Kier alpha value is -1.55. The molecule has 4 heteroatoms. The largest absolute Gasteiger partial charge is 0.482 e. The van der Waals surface area contributed by atoms with Gasteiger partial charge < -0.3 is 14.6 Å². The second-order valence-electron chi connectivity index (χ2n) is 11.7. The number of unbranched alkanes of at least 4 members (excludes halogenated alkanes) is 5. The molecule has 0 aliphatic heterocycles. The quantitative estimate of drug-likeness (QED) is 0.308. The smallest absolute Gasteiger partial charge is 0.344 e. The van der Waals surface area contributed by atoms with Crippen LogP contribution in [0.1, 0.15) is 95.1 Å². The predicted molar refractivity (Wildman–Crippen MR) is 134 cm³/mol. The molecule has 34 heavy (non-hydrogen) atoms. The highest BCUT2D eigenvalue weighted by Crippen LogP contribution is 2.49. The molecule has 4 nitrogen and oxygen atoms in total. The number of aliphatic hydroxyl groups is 1. The first-order valence-corrected chi connectivity index (χ1v) is 14.2. The average molecular weight is 469 g/mol.